The number of primary amides is 1. The zero-order valence-electron chi connectivity index (χ0n) is 18.0. The van der Waals surface area contributed by atoms with Crippen molar-refractivity contribution >= 4 is 28.8 Å². The number of carbonyl (C=O) groups excluding carboxylic acids is 2. The van der Waals surface area contributed by atoms with E-state index < -0.39 is 91.3 Å². The van der Waals surface area contributed by atoms with E-state index in [9.17, 15) is 44.5 Å². The summed E-state index contributed by atoms with van der Waals surface area (Å²) in [5, 5.41) is 63.0. The Balaban J connectivity index is 1.98. The third-order valence-corrected chi connectivity index (χ3v) is 6.90. The molecule has 2 unspecified atom stereocenters. The number of nitrogens with zero attached hydrogens (tertiary/aromatic N) is 2. The molecule has 0 aromatic heterocycles. The minimum absolute atomic E-state index is 0.139. The number of aromatic hydroxyl groups is 1. The van der Waals surface area contributed by atoms with Gasteiger partial charge in [-0.2, -0.15) is 0 Å². The van der Waals surface area contributed by atoms with Crippen molar-refractivity contribution in [2.24, 2.45) is 17.6 Å². The second-order valence-electron chi connectivity index (χ2n) is 8.85. The monoisotopic (exact) mass is 476 g/mol. The van der Waals surface area contributed by atoms with Crippen LogP contribution in [-0.4, -0.2) is 73.4 Å². The molecule has 180 valence electrons. The van der Waals surface area contributed by atoms with Gasteiger partial charge < -0.3 is 31.6 Å². The predicted octanol–water partition coefficient (Wildman–Crippen LogP) is 0.462. The topological polar surface area (TPSA) is 211 Å². The molecule has 0 radical (unpaired) electrons. The normalized spacial score (nSPS) is 28.6. The van der Waals surface area contributed by atoms with Gasteiger partial charge in [-0.25, -0.2) is 4.39 Å². The van der Waals surface area contributed by atoms with Crippen LogP contribution in [0, 0.1) is 33.2 Å². The first-order valence-electron chi connectivity index (χ1n) is 10.1. The lowest BCUT2D eigenvalue weighted by Crippen LogP contribution is -2.67. The van der Waals surface area contributed by atoms with Crippen LogP contribution in [0.5, 0.6) is 5.75 Å². The molecule has 1 saturated carbocycles. The summed E-state index contributed by atoms with van der Waals surface area (Å²) in [6.07, 6.45) is -0.398. The number of Topliss-reactive ketones (excluding diaryl/α,β-unsaturated/α-hetero) is 1. The Hall–Kier alpha value is -3.84. The van der Waals surface area contributed by atoms with E-state index in [-0.39, 0.29) is 18.4 Å². The van der Waals surface area contributed by atoms with E-state index in [0.717, 1.165) is 0 Å². The van der Waals surface area contributed by atoms with Gasteiger partial charge >= 0.3 is 5.69 Å². The number of aliphatic hydroxyl groups excluding tert-OH is 2. The molecular weight excluding hydrogens is 455 g/mol. The van der Waals surface area contributed by atoms with Crippen molar-refractivity contribution in [1.82, 2.24) is 4.90 Å². The number of nitro groups is 1. The van der Waals surface area contributed by atoms with E-state index in [0.29, 0.717) is 6.07 Å². The first-order chi connectivity index (χ1) is 15.7. The number of amides is 1. The van der Waals surface area contributed by atoms with Gasteiger partial charge in [-0.3, -0.25) is 24.6 Å². The summed E-state index contributed by atoms with van der Waals surface area (Å²) in [5.41, 5.74) is -1.48. The quantitative estimate of drug-likeness (QED) is 0.264. The molecule has 0 bridgehead atoms. The second kappa shape index (κ2) is 7.33. The number of halogens is 1. The van der Waals surface area contributed by atoms with E-state index in [2.05, 4.69) is 0 Å². The lowest BCUT2D eigenvalue weighted by atomic mass is 9.57. The minimum atomic E-state index is -2.70. The highest BCUT2D eigenvalue weighted by molar-refractivity contribution is 6.33. The van der Waals surface area contributed by atoms with Gasteiger partial charge in [0.15, 0.2) is 5.60 Å². The molecule has 3 aliphatic rings. The van der Waals surface area contributed by atoms with Gasteiger partial charge in [0.25, 0.3) is 5.91 Å². The molecular formula is C21H21FN4O8. The third kappa shape index (κ3) is 2.80. The standard InChI is InChI=1S/C21H21FN4O8/c1-25(2)14-8-4-6-3-7-9(22)5-10(26(33)34)15(27)12(7)16(28)11(6)19(30)21(8,32)18(23)13(17(14)29)20(24)31/h5-6,8,14,23,27-29,32H,3-4H2,1-2H3,(H2,24,31)/t6?,8?,14-,21+/m0/s1. The molecule has 0 aliphatic heterocycles. The first kappa shape index (κ1) is 23.3. The maximum Gasteiger partial charge on any atom is 0.314 e. The van der Waals surface area contributed by atoms with Crippen LogP contribution in [0.4, 0.5) is 10.1 Å². The van der Waals surface area contributed by atoms with Crippen molar-refractivity contribution in [3.63, 3.8) is 0 Å². The number of likely N-dealkylation sites (N-methyl/N-ethyl adjacent to an activating group) is 1. The van der Waals surface area contributed by atoms with Gasteiger partial charge in [0.1, 0.15) is 22.9 Å². The van der Waals surface area contributed by atoms with Gasteiger partial charge in [0, 0.05) is 17.1 Å². The minimum Gasteiger partial charge on any atom is -0.510 e. The van der Waals surface area contributed by atoms with Crippen LogP contribution >= 0.6 is 0 Å². The maximum atomic E-state index is 14.8. The number of aliphatic hydroxyl groups is 3. The van der Waals surface area contributed by atoms with Crippen LogP contribution in [0.2, 0.25) is 0 Å². The van der Waals surface area contributed by atoms with Gasteiger partial charge in [-0.05, 0) is 32.9 Å². The average molecular weight is 476 g/mol. The number of hydrogen-bond donors (Lipinski definition) is 6. The smallest absolute Gasteiger partial charge is 0.314 e. The maximum absolute atomic E-state index is 14.8. The molecule has 13 heteroatoms. The van der Waals surface area contributed by atoms with Crippen LogP contribution in [0.15, 0.2) is 23.0 Å². The number of nitrogens with one attached hydrogen (secondary N) is 1. The van der Waals surface area contributed by atoms with Crippen molar-refractivity contribution in [3.8, 4) is 5.75 Å². The zero-order valence-corrected chi connectivity index (χ0v) is 18.0. The molecule has 1 aromatic carbocycles. The number of phenolic OH excluding ortho intramolecular Hbond substituents is 1. The fourth-order valence-electron chi connectivity index (χ4n) is 5.45. The summed E-state index contributed by atoms with van der Waals surface area (Å²) in [4.78, 5) is 37.2. The lowest BCUT2D eigenvalue weighted by Gasteiger charge is -2.51. The van der Waals surface area contributed by atoms with Crippen molar-refractivity contribution in [3.05, 3.63) is 50.0 Å². The van der Waals surface area contributed by atoms with E-state index in [1.807, 2.05) is 0 Å². The highest BCUT2D eigenvalue weighted by Gasteiger charge is 2.63. The largest absolute Gasteiger partial charge is 0.510 e. The fourth-order valence-corrected chi connectivity index (χ4v) is 5.45. The molecule has 1 fully saturated rings. The molecule has 4 rings (SSSR count). The van der Waals surface area contributed by atoms with Crippen molar-refractivity contribution < 1.29 is 39.3 Å². The summed E-state index contributed by atoms with van der Waals surface area (Å²) in [5.74, 6) is -8.23. The Kier molecular flexibility index (Phi) is 5.03. The van der Waals surface area contributed by atoms with E-state index in [1.54, 1.807) is 0 Å². The molecule has 3 aliphatic carbocycles. The zero-order chi connectivity index (χ0) is 25.4. The van der Waals surface area contributed by atoms with Crippen molar-refractivity contribution in [2.45, 2.75) is 24.5 Å². The lowest BCUT2D eigenvalue weighted by molar-refractivity contribution is -0.386. The number of fused-ring (bicyclic) bond motifs is 3. The number of ketones is 1. The predicted molar refractivity (Wildman–Crippen MR) is 114 cm³/mol. The molecule has 1 aromatic rings. The Morgan fingerprint density at radius 1 is 1.35 bits per heavy atom. The number of nitrogens with two attached hydrogens (primary N) is 1. The van der Waals surface area contributed by atoms with E-state index >= 15 is 0 Å². The summed E-state index contributed by atoms with van der Waals surface area (Å²) < 4.78 is 14.8. The Bertz CT molecular complexity index is 1270. The van der Waals surface area contributed by atoms with Gasteiger partial charge in [0.05, 0.1) is 28.3 Å². The molecule has 0 heterocycles. The number of rotatable bonds is 3. The van der Waals surface area contributed by atoms with Crippen LogP contribution in [-0.2, 0) is 16.0 Å². The number of nitro benzene ring substituents is 1. The average Bonchev–Trinajstić information content (AvgIpc) is 2.72. The van der Waals surface area contributed by atoms with Crippen molar-refractivity contribution in [2.75, 3.05) is 14.1 Å². The van der Waals surface area contributed by atoms with Gasteiger partial charge in [0.2, 0.25) is 11.5 Å². The molecule has 0 spiro atoms. The number of carbonyl (C=O) groups is 2. The Morgan fingerprint density at radius 2 is 1.97 bits per heavy atom. The number of benzene rings is 1. The van der Waals surface area contributed by atoms with Crippen LogP contribution in [0.1, 0.15) is 17.5 Å². The molecule has 12 nitrogen and oxygen atoms in total. The molecule has 7 N–H and O–H groups in total. The summed E-state index contributed by atoms with van der Waals surface area (Å²) in [6.45, 7) is 0. The second-order valence-corrected chi connectivity index (χ2v) is 8.85. The highest BCUT2D eigenvalue weighted by Crippen LogP contribution is 2.53. The number of phenols is 1. The molecule has 34 heavy (non-hydrogen) atoms. The van der Waals surface area contributed by atoms with Gasteiger partial charge in [-0.15, -0.1) is 0 Å². The molecule has 1 amide bonds. The fraction of sp³-hybridized carbons (Fsp3) is 0.381. The van der Waals surface area contributed by atoms with Gasteiger partial charge in [-0.1, -0.05) is 0 Å². The van der Waals surface area contributed by atoms with Crippen LogP contribution in [0.25, 0.3) is 5.76 Å². The highest BCUT2D eigenvalue weighted by atomic mass is 19.1. The first-order valence-corrected chi connectivity index (χ1v) is 10.1. The number of hydrogen-bond acceptors (Lipinski definition) is 10. The van der Waals surface area contributed by atoms with Crippen LogP contribution < -0.4 is 5.73 Å². The SMILES string of the molecule is CN(C)[C@@H]1C(O)=C(C(N)=O)C(=N)[C@@]2(O)C(=O)C3=C(O)c4c(O)c([N+](=O)[O-])cc(F)c4CC3CC12. The Labute approximate surface area is 191 Å². The van der Waals surface area contributed by atoms with Crippen molar-refractivity contribution in [1.29, 1.82) is 5.41 Å². The van der Waals surface area contributed by atoms with E-state index in [1.165, 1.54) is 19.0 Å². The molecule has 0 saturated heterocycles. The Morgan fingerprint density at radius 3 is 2.50 bits per heavy atom. The van der Waals surface area contributed by atoms with E-state index in [4.69, 9.17) is 11.1 Å². The summed E-state index contributed by atoms with van der Waals surface area (Å²) in [7, 11) is 3.02. The molecule has 4 atom stereocenters. The third-order valence-electron chi connectivity index (χ3n) is 6.90. The van der Waals surface area contributed by atoms with Crippen LogP contribution in [0.3, 0.4) is 0 Å². The summed E-state index contributed by atoms with van der Waals surface area (Å²) in [6, 6.07) is -0.606. The summed E-state index contributed by atoms with van der Waals surface area (Å²) >= 11 is 0.